The molecule has 1 heterocycles. The molecule has 0 atom stereocenters. The summed E-state index contributed by atoms with van der Waals surface area (Å²) in [5.74, 6) is 1.74. The van der Waals surface area contributed by atoms with E-state index in [0.29, 0.717) is 0 Å². The first kappa shape index (κ1) is 11.0. The van der Waals surface area contributed by atoms with E-state index in [2.05, 4.69) is 62.3 Å². The highest BCUT2D eigenvalue weighted by atomic mass is 79.9. The van der Waals surface area contributed by atoms with Gasteiger partial charge in [0.15, 0.2) is 0 Å². The Morgan fingerprint density at radius 2 is 2.24 bits per heavy atom. The van der Waals surface area contributed by atoms with Crippen LogP contribution in [0, 0.1) is 5.92 Å². The quantitative estimate of drug-likeness (QED) is 0.923. The Morgan fingerprint density at radius 3 is 2.82 bits per heavy atom. The first-order valence-corrected chi connectivity index (χ1v) is 6.62. The molecular formula is C13H14BrN3. The van der Waals surface area contributed by atoms with Crippen LogP contribution in [0.3, 0.4) is 0 Å². The summed E-state index contributed by atoms with van der Waals surface area (Å²) in [5, 5.41) is 8.16. The van der Waals surface area contributed by atoms with Gasteiger partial charge in [-0.2, -0.15) is 0 Å². The van der Waals surface area contributed by atoms with Gasteiger partial charge in [0.05, 0.1) is 5.41 Å². The predicted octanol–water partition coefficient (Wildman–Crippen LogP) is 3.28. The van der Waals surface area contributed by atoms with Gasteiger partial charge in [-0.1, -0.05) is 35.0 Å². The Kier molecular flexibility index (Phi) is 2.54. The molecule has 0 aliphatic heterocycles. The molecule has 4 heteroatoms. The number of aromatic amines is 1. The zero-order chi connectivity index (χ0) is 11.9. The van der Waals surface area contributed by atoms with Gasteiger partial charge in [-0.05, 0) is 36.5 Å². The third kappa shape index (κ3) is 1.71. The van der Waals surface area contributed by atoms with E-state index in [4.69, 9.17) is 0 Å². The van der Waals surface area contributed by atoms with Crippen LogP contribution in [0.15, 0.2) is 35.1 Å². The molecule has 0 amide bonds. The largest absolute Gasteiger partial charge is 0.331 e. The number of hydrogen-bond acceptors (Lipinski definition) is 2. The molecule has 2 aromatic rings. The lowest BCUT2D eigenvalue weighted by Crippen LogP contribution is -2.42. The number of aromatic nitrogens is 3. The molecule has 3 rings (SSSR count). The number of benzene rings is 1. The normalized spacial score (nSPS) is 27.8. The second-order valence-corrected chi connectivity index (χ2v) is 5.86. The summed E-state index contributed by atoms with van der Waals surface area (Å²) in [6.07, 6.45) is 3.94. The van der Waals surface area contributed by atoms with Crippen molar-refractivity contribution in [3.63, 3.8) is 0 Å². The summed E-state index contributed by atoms with van der Waals surface area (Å²) < 4.78 is 1.12. The summed E-state index contributed by atoms with van der Waals surface area (Å²) >= 11 is 3.54. The van der Waals surface area contributed by atoms with Gasteiger partial charge < -0.3 is 4.98 Å². The number of nitrogens with one attached hydrogen (secondary N) is 1. The topological polar surface area (TPSA) is 41.6 Å². The molecule has 88 valence electrons. The maximum Gasteiger partial charge on any atom is 0.140 e. The van der Waals surface area contributed by atoms with Gasteiger partial charge in [0, 0.05) is 4.47 Å². The molecule has 0 saturated heterocycles. The van der Waals surface area contributed by atoms with Gasteiger partial charge in [-0.25, -0.2) is 0 Å². The van der Waals surface area contributed by atoms with Gasteiger partial charge >= 0.3 is 0 Å². The summed E-state index contributed by atoms with van der Waals surface area (Å²) in [6.45, 7) is 2.28. The molecule has 1 aromatic carbocycles. The molecule has 1 fully saturated rings. The molecular weight excluding hydrogens is 278 g/mol. The van der Waals surface area contributed by atoms with Crippen molar-refractivity contribution in [2.75, 3.05) is 0 Å². The number of halogens is 1. The zero-order valence-electron chi connectivity index (χ0n) is 9.65. The zero-order valence-corrected chi connectivity index (χ0v) is 11.2. The van der Waals surface area contributed by atoms with Gasteiger partial charge in [-0.3, -0.25) is 0 Å². The Hall–Kier alpha value is -1.16. The smallest absolute Gasteiger partial charge is 0.140 e. The highest BCUT2D eigenvalue weighted by Crippen LogP contribution is 2.51. The minimum absolute atomic E-state index is 0.0414. The third-order valence-corrected chi connectivity index (χ3v) is 4.13. The van der Waals surface area contributed by atoms with Gasteiger partial charge in [0.1, 0.15) is 12.2 Å². The molecule has 17 heavy (non-hydrogen) atoms. The average Bonchev–Trinajstić information content (AvgIpc) is 2.78. The first-order valence-electron chi connectivity index (χ1n) is 5.83. The monoisotopic (exact) mass is 291 g/mol. The number of nitrogens with zero attached hydrogens (tertiary/aromatic N) is 2. The van der Waals surface area contributed by atoms with Crippen molar-refractivity contribution in [3.05, 3.63) is 46.5 Å². The number of hydrogen-bond donors (Lipinski definition) is 1. The van der Waals surface area contributed by atoms with Crippen LogP contribution in [0.2, 0.25) is 0 Å². The van der Waals surface area contributed by atoms with E-state index in [0.717, 1.165) is 29.1 Å². The van der Waals surface area contributed by atoms with Crippen LogP contribution in [0.1, 0.15) is 31.2 Å². The van der Waals surface area contributed by atoms with Crippen molar-refractivity contribution in [1.82, 2.24) is 15.2 Å². The minimum Gasteiger partial charge on any atom is -0.331 e. The maximum atomic E-state index is 4.23. The predicted molar refractivity (Wildman–Crippen MR) is 69.7 cm³/mol. The maximum absolute atomic E-state index is 4.23. The highest BCUT2D eigenvalue weighted by molar-refractivity contribution is 9.10. The van der Waals surface area contributed by atoms with E-state index in [-0.39, 0.29) is 5.41 Å². The van der Waals surface area contributed by atoms with E-state index < -0.39 is 0 Å². The molecule has 0 spiro atoms. The molecule has 0 radical (unpaired) electrons. The number of H-pyrrole nitrogens is 1. The van der Waals surface area contributed by atoms with Crippen molar-refractivity contribution in [1.29, 1.82) is 0 Å². The first-order chi connectivity index (χ1) is 8.21. The molecule has 1 N–H and O–H groups in total. The van der Waals surface area contributed by atoms with E-state index >= 15 is 0 Å². The third-order valence-electron chi connectivity index (χ3n) is 3.64. The minimum atomic E-state index is 0.0414. The summed E-state index contributed by atoms with van der Waals surface area (Å²) in [4.78, 5) is 3.18. The molecule has 0 unspecified atom stereocenters. The van der Waals surface area contributed by atoms with Crippen LogP contribution in [-0.4, -0.2) is 15.2 Å². The summed E-state index contributed by atoms with van der Waals surface area (Å²) in [7, 11) is 0. The highest BCUT2D eigenvalue weighted by Gasteiger charge is 2.47. The molecule has 0 bridgehead atoms. The van der Waals surface area contributed by atoms with Crippen LogP contribution < -0.4 is 0 Å². The molecule has 3 nitrogen and oxygen atoms in total. The fraction of sp³-hybridized carbons (Fsp3) is 0.385. The second kappa shape index (κ2) is 3.95. The van der Waals surface area contributed by atoms with Gasteiger partial charge in [0.2, 0.25) is 0 Å². The fourth-order valence-electron chi connectivity index (χ4n) is 2.92. The van der Waals surface area contributed by atoms with Crippen LogP contribution in [0.25, 0.3) is 0 Å². The lowest BCUT2D eigenvalue weighted by molar-refractivity contribution is 0.190. The molecule has 1 saturated carbocycles. The summed E-state index contributed by atoms with van der Waals surface area (Å²) in [5.41, 5.74) is 1.36. The Labute approximate surface area is 109 Å². The molecule has 1 aromatic heterocycles. The molecule has 1 aliphatic carbocycles. The van der Waals surface area contributed by atoms with E-state index in [1.807, 2.05) is 0 Å². The Morgan fingerprint density at radius 1 is 1.41 bits per heavy atom. The SMILES string of the molecule is CC1CC(c2cccc(Br)c2)(c2nnc[nH]2)C1. The Bertz CT molecular complexity index is 515. The second-order valence-electron chi connectivity index (χ2n) is 4.94. The van der Waals surface area contributed by atoms with Crippen molar-refractivity contribution >= 4 is 15.9 Å². The van der Waals surface area contributed by atoms with Crippen molar-refractivity contribution in [3.8, 4) is 0 Å². The number of rotatable bonds is 2. The van der Waals surface area contributed by atoms with E-state index in [9.17, 15) is 0 Å². The van der Waals surface area contributed by atoms with Gasteiger partial charge in [-0.15, -0.1) is 10.2 Å². The van der Waals surface area contributed by atoms with Gasteiger partial charge in [0.25, 0.3) is 0 Å². The van der Waals surface area contributed by atoms with Crippen molar-refractivity contribution in [2.24, 2.45) is 5.92 Å². The summed E-state index contributed by atoms with van der Waals surface area (Å²) in [6, 6.07) is 8.51. The molecule has 1 aliphatic rings. The van der Waals surface area contributed by atoms with Crippen LogP contribution in [0.5, 0.6) is 0 Å². The van der Waals surface area contributed by atoms with Crippen LogP contribution in [0.4, 0.5) is 0 Å². The van der Waals surface area contributed by atoms with Crippen LogP contribution >= 0.6 is 15.9 Å². The van der Waals surface area contributed by atoms with Crippen LogP contribution in [-0.2, 0) is 5.41 Å². The van der Waals surface area contributed by atoms with E-state index in [1.165, 1.54) is 5.56 Å². The Balaban J connectivity index is 2.07. The lowest BCUT2D eigenvalue weighted by Gasteiger charge is -2.45. The lowest BCUT2D eigenvalue weighted by atomic mass is 9.59. The fourth-order valence-corrected chi connectivity index (χ4v) is 3.32. The van der Waals surface area contributed by atoms with E-state index in [1.54, 1.807) is 6.33 Å². The van der Waals surface area contributed by atoms with Crippen molar-refractivity contribution in [2.45, 2.75) is 25.2 Å². The standard InChI is InChI=1S/C13H14BrN3/c1-9-6-13(7-9,12-15-8-16-17-12)10-3-2-4-11(14)5-10/h2-5,8-9H,6-7H2,1H3,(H,15,16,17). The van der Waals surface area contributed by atoms with Crippen molar-refractivity contribution < 1.29 is 0 Å². The average molecular weight is 292 g/mol.